The Labute approximate surface area is 120 Å². The Morgan fingerprint density at radius 1 is 1.30 bits per heavy atom. The second kappa shape index (κ2) is 8.14. The minimum Gasteiger partial charge on any atom is -0.381 e. The molecule has 0 radical (unpaired) electrons. The Morgan fingerprint density at radius 3 is 2.70 bits per heavy atom. The summed E-state index contributed by atoms with van der Waals surface area (Å²) in [5, 5.41) is 0. The lowest BCUT2D eigenvalue weighted by Crippen LogP contribution is -2.25. The van der Waals surface area contributed by atoms with Gasteiger partial charge in [-0.25, -0.2) is 13.1 Å². The van der Waals surface area contributed by atoms with Gasteiger partial charge in [-0.1, -0.05) is 19.1 Å². The van der Waals surface area contributed by atoms with E-state index in [1.807, 2.05) is 6.92 Å². The van der Waals surface area contributed by atoms with Gasteiger partial charge in [0.25, 0.3) is 0 Å². The zero-order chi connectivity index (χ0) is 15.0. The number of nitrogens with one attached hydrogen (secondary N) is 1. The average Bonchev–Trinajstić information content (AvgIpc) is 2.43. The lowest BCUT2D eigenvalue weighted by Gasteiger charge is -2.08. The van der Waals surface area contributed by atoms with Gasteiger partial charge in [-0.15, -0.1) is 0 Å². The fourth-order valence-electron chi connectivity index (χ4n) is 1.59. The SMILES string of the molecule is CCCOCCCNS(=O)(=O)c1cccc(C(C)=O)c1. The van der Waals surface area contributed by atoms with Gasteiger partial charge in [0.15, 0.2) is 5.78 Å². The van der Waals surface area contributed by atoms with Gasteiger partial charge in [-0.2, -0.15) is 0 Å². The number of hydrogen-bond acceptors (Lipinski definition) is 4. The van der Waals surface area contributed by atoms with Crippen LogP contribution in [0.4, 0.5) is 0 Å². The zero-order valence-corrected chi connectivity index (χ0v) is 12.7. The topological polar surface area (TPSA) is 72.5 Å². The molecule has 1 aromatic rings. The van der Waals surface area contributed by atoms with Crippen LogP contribution >= 0.6 is 0 Å². The smallest absolute Gasteiger partial charge is 0.240 e. The van der Waals surface area contributed by atoms with E-state index in [-0.39, 0.29) is 10.7 Å². The predicted molar refractivity (Wildman–Crippen MR) is 77.4 cm³/mol. The zero-order valence-electron chi connectivity index (χ0n) is 11.9. The molecular weight excluding hydrogens is 278 g/mol. The first-order chi connectivity index (χ1) is 9.47. The number of hydrogen-bond donors (Lipinski definition) is 1. The molecular formula is C14H21NO4S. The van der Waals surface area contributed by atoms with E-state index in [9.17, 15) is 13.2 Å². The van der Waals surface area contributed by atoms with Crippen molar-refractivity contribution in [3.63, 3.8) is 0 Å². The number of carbonyl (C=O) groups is 1. The minimum atomic E-state index is -3.57. The standard InChI is InChI=1S/C14H21NO4S/c1-3-9-19-10-5-8-15-20(17,18)14-7-4-6-13(11-14)12(2)16/h4,6-7,11,15H,3,5,8-10H2,1-2H3. The van der Waals surface area contributed by atoms with Crippen LogP contribution in [0.5, 0.6) is 0 Å². The van der Waals surface area contributed by atoms with Crippen LogP contribution in [0.1, 0.15) is 37.0 Å². The largest absolute Gasteiger partial charge is 0.381 e. The Morgan fingerprint density at radius 2 is 2.05 bits per heavy atom. The summed E-state index contributed by atoms with van der Waals surface area (Å²) >= 11 is 0. The van der Waals surface area contributed by atoms with Crippen molar-refractivity contribution in [2.24, 2.45) is 0 Å². The van der Waals surface area contributed by atoms with E-state index >= 15 is 0 Å². The molecule has 0 aliphatic heterocycles. The van der Waals surface area contributed by atoms with Crippen LogP contribution in [-0.4, -0.2) is 34.0 Å². The normalized spacial score (nSPS) is 11.5. The van der Waals surface area contributed by atoms with Crippen LogP contribution in [-0.2, 0) is 14.8 Å². The van der Waals surface area contributed by atoms with Crippen molar-refractivity contribution >= 4 is 15.8 Å². The molecule has 0 saturated heterocycles. The first kappa shape index (κ1) is 16.8. The number of sulfonamides is 1. The third-order valence-corrected chi connectivity index (χ3v) is 4.12. The molecule has 0 unspecified atom stereocenters. The fraction of sp³-hybridized carbons (Fsp3) is 0.500. The van der Waals surface area contributed by atoms with Crippen LogP contribution in [0.3, 0.4) is 0 Å². The van der Waals surface area contributed by atoms with Crippen LogP contribution in [0.2, 0.25) is 0 Å². The Kier molecular flexibility index (Phi) is 6.84. The summed E-state index contributed by atoms with van der Waals surface area (Å²) in [5.74, 6) is -0.157. The molecule has 1 N–H and O–H groups in total. The highest BCUT2D eigenvalue weighted by Gasteiger charge is 2.14. The molecule has 0 aliphatic carbocycles. The van der Waals surface area contributed by atoms with Crippen molar-refractivity contribution in [2.45, 2.75) is 31.6 Å². The molecule has 0 bridgehead atoms. The first-order valence-electron chi connectivity index (χ1n) is 6.66. The monoisotopic (exact) mass is 299 g/mol. The van der Waals surface area contributed by atoms with Crippen LogP contribution in [0.15, 0.2) is 29.2 Å². The van der Waals surface area contributed by atoms with E-state index in [4.69, 9.17) is 4.74 Å². The quantitative estimate of drug-likeness (QED) is 0.559. The minimum absolute atomic E-state index is 0.111. The average molecular weight is 299 g/mol. The van der Waals surface area contributed by atoms with Gasteiger partial charge < -0.3 is 4.74 Å². The molecule has 0 atom stereocenters. The Balaban J connectivity index is 2.56. The van der Waals surface area contributed by atoms with Gasteiger partial charge in [0.1, 0.15) is 0 Å². The molecule has 0 fully saturated rings. The van der Waals surface area contributed by atoms with Crippen molar-refractivity contribution in [2.75, 3.05) is 19.8 Å². The maximum Gasteiger partial charge on any atom is 0.240 e. The lowest BCUT2D eigenvalue weighted by atomic mass is 10.2. The number of carbonyl (C=O) groups excluding carboxylic acids is 1. The van der Waals surface area contributed by atoms with Crippen molar-refractivity contribution in [1.29, 1.82) is 0 Å². The van der Waals surface area contributed by atoms with Gasteiger partial charge in [-0.3, -0.25) is 4.79 Å². The molecule has 0 saturated carbocycles. The van der Waals surface area contributed by atoms with Crippen molar-refractivity contribution in [1.82, 2.24) is 4.72 Å². The third-order valence-electron chi connectivity index (χ3n) is 2.66. The Hall–Kier alpha value is -1.24. The summed E-state index contributed by atoms with van der Waals surface area (Å²) in [6.45, 7) is 4.96. The first-order valence-corrected chi connectivity index (χ1v) is 8.14. The fourth-order valence-corrected chi connectivity index (χ4v) is 2.71. The predicted octanol–water partition coefficient (Wildman–Crippen LogP) is 1.98. The molecule has 0 spiro atoms. The van der Waals surface area contributed by atoms with E-state index in [2.05, 4.69) is 4.72 Å². The van der Waals surface area contributed by atoms with Gasteiger partial charge in [0.05, 0.1) is 4.90 Å². The summed E-state index contributed by atoms with van der Waals surface area (Å²) < 4.78 is 31.8. The number of rotatable bonds is 9. The highest BCUT2D eigenvalue weighted by molar-refractivity contribution is 7.89. The van der Waals surface area contributed by atoms with Gasteiger partial charge >= 0.3 is 0 Å². The number of Topliss-reactive ketones (excluding diaryl/α,β-unsaturated/α-hetero) is 1. The van der Waals surface area contributed by atoms with E-state index < -0.39 is 10.0 Å². The summed E-state index contributed by atoms with van der Waals surface area (Å²) in [6, 6.07) is 6.02. The highest BCUT2D eigenvalue weighted by atomic mass is 32.2. The molecule has 0 aliphatic rings. The van der Waals surface area contributed by atoms with Crippen LogP contribution < -0.4 is 4.72 Å². The number of benzene rings is 1. The summed E-state index contributed by atoms with van der Waals surface area (Å²) in [4.78, 5) is 11.4. The molecule has 0 amide bonds. The molecule has 1 aromatic carbocycles. The van der Waals surface area contributed by atoms with Gasteiger partial charge in [0.2, 0.25) is 10.0 Å². The summed E-state index contributed by atoms with van der Waals surface area (Å²) in [5.41, 5.74) is 0.388. The number of ether oxygens (including phenoxy) is 1. The van der Waals surface area contributed by atoms with Crippen LogP contribution in [0.25, 0.3) is 0 Å². The van der Waals surface area contributed by atoms with Crippen molar-refractivity contribution < 1.29 is 17.9 Å². The molecule has 112 valence electrons. The molecule has 0 heterocycles. The molecule has 0 aromatic heterocycles. The maximum absolute atomic E-state index is 12.0. The summed E-state index contributed by atoms with van der Waals surface area (Å²) in [6.07, 6.45) is 1.56. The molecule has 5 nitrogen and oxygen atoms in total. The van der Waals surface area contributed by atoms with E-state index in [0.29, 0.717) is 31.7 Å². The van der Waals surface area contributed by atoms with E-state index in [1.165, 1.54) is 19.1 Å². The second-order valence-electron chi connectivity index (χ2n) is 4.45. The highest BCUT2D eigenvalue weighted by Crippen LogP contribution is 2.11. The number of ketones is 1. The molecule has 1 rings (SSSR count). The Bertz CT molecular complexity index is 540. The van der Waals surface area contributed by atoms with E-state index in [1.54, 1.807) is 12.1 Å². The molecule has 6 heteroatoms. The van der Waals surface area contributed by atoms with Crippen molar-refractivity contribution in [3.05, 3.63) is 29.8 Å². The lowest BCUT2D eigenvalue weighted by molar-refractivity contribution is 0.101. The summed E-state index contributed by atoms with van der Waals surface area (Å²) in [7, 11) is -3.57. The van der Waals surface area contributed by atoms with Gasteiger partial charge in [-0.05, 0) is 31.9 Å². The second-order valence-corrected chi connectivity index (χ2v) is 6.21. The van der Waals surface area contributed by atoms with E-state index in [0.717, 1.165) is 6.42 Å². The third kappa shape index (κ3) is 5.40. The molecule has 20 heavy (non-hydrogen) atoms. The van der Waals surface area contributed by atoms with Gasteiger partial charge in [0, 0.05) is 25.3 Å². The van der Waals surface area contributed by atoms with Crippen LogP contribution in [0, 0.1) is 0 Å². The maximum atomic E-state index is 12.0. The van der Waals surface area contributed by atoms with Crippen molar-refractivity contribution in [3.8, 4) is 0 Å².